The second kappa shape index (κ2) is 9.94. The van der Waals surface area contributed by atoms with Gasteiger partial charge in [0.1, 0.15) is 0 Å². The Morgan fingerprint density at radius 2 is 1.82 bits per heavy atom. The first-order valence-electron chi connectivity index (χ1n) is 7.90. The van der Waals surface area contributed by atoms with Crippen molar-refractivity contribution in [2.75, 3.05) is 13.2 Å². The zero-order valence-corrected chi connectivity index (χ0v) is 12.0. The van der Waals surface area contributed by atoms with E-state index in [1.807, 2.05) is 0 Å². The van der Waals surface area contributed by atoms with Crippen LogP contribution in [0.3, 0.4) is 0 Å². The monoisotopic (exact) mass is 240 g/mol. The highest BCUT2D eigenvalue weighted by atomic mass is 16.5. The molecular formula is C16H32O. The summed E-state index contributed by atoms with van der Waals surface area (Å²) in [5.41, 5.74) is 0. The summed E-state index contributed by atoms with van der Waals surface area (Å²) >= 11 is 0. The summed E-state index contributed by atoms with van der Waals surface area (Å²) in [7, 11) is 0. The average Bonchev–Trinajstić information content (AvgIpc) is 2.33. The maximum atomic E-state index is 5.70. The molecule has 1 nitrogen and oxygen atoms in total. The molecule has 1 rings (SSSR count). The minimum atomic E-state index is 0.976. The van der Waals surface area contributed by atoms with Gasteiger partial charge in [0.2, 0.25) is 0 Å². The zero-order chi connectivity index (χ0) is 12.3. The van der Waals surface area contributed by atoms with E-state index in [2.05, 4.69) is 13.8 Å². The topological polar surface area (TPSA) is 9.23 Å². The molecule has 0 spiro atoms. The largest absolute Gasteiger partial charge is 0.381 e. The maximum Gasteiger partial charge on any atom is 0.0466 e. The fourth-order valence-electron chi connectivity index (χ4n) is 3.03. The summed E-state index contributed by atoms with van der Waals surface area (Å²) in [6, 6.07) is 0. The SMILES string of the molecule is CCCCCCOCCCC1CCC[C@H](C)C1. The lowest BCUT2D eigenvalue weighted by molar-refractivity contribution is 0.119. The minimum Gasteiger partial charge on any atom is -0.381 e. The van der Waals surface area contributed by atoms with E-state index >= 15 is 0 Å². The lowest BCUT2D eigenvalue weighted by Gasteiger charge is -2.26. The van der Waals surface area contributed by atoms with Gasteiger partial charge >= 0.3 is 0 Å². The smallest absolute Gasteiger partial charge is 0.0466 e. The van der Waals surface area contributed by atoms with Crippen LogP contribution in [0.25, 0.3) is 0 Å². The fraction of sp³-hybridized carbons (Fsp3) is 1.00. The van der Waals surface area contributed by atoms with Gasteiger partial charge in [0.15, 0.2) is 0 Å². The molecule has 0 amide bonds. The molecule has 0 aliphatic heterocycles. The second-order valence-electron chi connectivity index (χ2n) is 5.95. The van der Waals surface area contributed by atoms with E-state index in [0.717, 1.165) is 25.0 Å². The molecule has 1 unspecified atom stereocenters. The summed E-state index contributed by atoms with van der Waals surface area (Å²) in [4.78, 5) is 0. The van der Waals surface area contributed by atoms with Crippen molar-refractivity contribution in [3.8, 4) is 0 Å². The lowest BCUT2D eigenvalue weighted by Crippen LogP contribution is -2.13. The Hall–Kier alpha value is -0.0400. The highest BCUT2D eigenvalue weighted by molar-refractivity contribution is 4.70. The summed E-state index contributed by atoms with van der Waals surface area (Å²) in [6.45, 7) is 6.65. The molecule has 17 heavy (non-hydrogen) atoms. The maximum absolute atomic E-state index is 5.70. The summed E-state index contributed by atoms with van der Waals surface area (Å²) in [6.07, 6.45) is 13.8. The quantitative estimate of drug-likeness (QED) is 0.504. The van der Waals surface area contributed by atoms with Crippen LogP contribution in [-0.4, -0.2) is 13.2 Å². The molecule has 0 bridgehead atoms. The Balaban J connectivity index is 1.83. The highest BCUT2D eigenvalue weighted by Crippen LogP contribution is 2.31. The molecule has 1 aliphatic rings. The Morgan fingerprint density at radius 1 is 1.00 bits per heavy atom. The second-order valence-corrected chi connectivity index (χ2v) is 5.95. The van der Waals surface area contributed by atoms with Crippen LogP contribution in [-0.2, 0) is 4.74 Å². The molecule has 0 aromatic carbocycles. The summed E-state index contributed by atoms with van der Waals surface area (Å²) in [5.74, 6) is 1.98. The van der Waals surface area contributed by atoms with Crippen LogP contribution in [0.4, 0.5) is 0 Å². The Kier molecular flexibility index (Phi) is 8.78. The van der Waals surface area contributed by atoms with E-state index < -0.39 is 0 Å². The van der Waals surface area contributed by atoms with Gasteiger partial charge in [-0.05, 0) is 37.5 Å². The molecule has 0 aromatic rings. The number of unbranched alkanes of at least 4 members (excludes halogenated alkanes) is 3. The third-order valence-electron chi connectivity index (χ3n) is 4.09. The van der Waals surface area contributed by atoms with E-state index in [1.165, 1.54) is 64.2 Å². The van der Waals surface area contributed by atoms with E-state index in [9.17, 15) is 0 Å². The number of hydrogen-bond donors (Lipinski definition) is 0. The van der Waals surface area contributed by atoms with Gasteiger partial charge in [-0.2, -0.15) is 0 Å². The van der Waals surface area contributed by atoms with Crippen molar-refractivity contribution in [1.82, 2.24) is 0 Å². The molecular weight excluding hydrogens is 208 g/mol. The van der Waals surface area contributed by atoms with Gasteiger partial charge < -0.3 is 4.74 Å². The first kappa shape index (κ1) is 15.0. The first-order valence-corrected chi connectivity index (χ1v) is 7.90. The van der Waals surface area contributed by atoms with Crippen LogP contribution in [0.15, 0.2) is 0 Å². The van der Waals surface area contributed by atoms with Crippen molar-refractivity contribution in [3.63, 3.8) is 0 Å². The van der Waals surface area contributed by atoms with E-state index in [4.69, 9.17) is 4.74 Å². The predicted octanol–water partition coefficient (Wildman–Crippen LogP) is 5.19. The van der Waals surface area contributed by atoms with Gasteiger partial charge in [-0.1, -0.05) is 52.4 Å². The summed E-state index contributed by atoms with van der Waals surface area (Å²) < 4.78 is 5.70. The van der Waals surface area contributed by atoms with Crippen molar-refractivity contribution < 1.29 is 4.74 Å². The van der Waals surface area contributed by atoms with Crippen molar-refractivity contribution in [3.05, 3.63) is 0 Å². The Labute approximate surface area is 108 Å². The molecule has 1 heteroatoms. The van der Waals surface area contributed by atoms with Crippen LogP contribution >= 0.6 is 0 Å². The van der Waals surface area contributed by atoms with Crippen LogP contribution < -0.4 is 0 Å². The molecule has 0 saturated heterocycles. The van der Waals surface area contributed by atoms with Crippen molar-refractivity contribution in [1.29, 1.82) is 0 Å². The molecule has 1 saturated carbocycles. The predicted molar refractivity (Wildman–Crippen MR) is 75.3 cm³/mol. The lowest BCUT2D eigenvalue weighted by atomic mass is 9.80. The third-order valence-corrected chi connectivity index (χ3v) is 4.09. The minimum absolute atomic E-state index is 0.976. The van der Waals surface area contributed by atoms with Crippen LogP contribution in [0, 0.1) is 11.8 Å². The van der Waals surface area contributed by atoms with Crippen LogP contribution in [0.5, 0.6) is 0 Å². The Bertz CT molecular complexity index is 167. The average molecular weight is 240 g/mol. The molecule has 0 aromatic heterocycles. The number of hydrogen-bond acceptors (Lipinski definition) is 1. The number of ether oxygens (including phenoxy) is 1. The van der Waals surface area contributed by atoms with Crippen molar-refractivity contribution >= 4 is 0 Å². The highest BCUT2D eigenvalue weighted by Gasteiger charge is 2.17. The van der Waals surface area contributed by atoms with Gasteiger partial charge in [-0.3, -0.25) is 0 Å². The van der Waals surface area contributed by atoms with Gasteiger partial charge in [0.05, 0.1) is 0 Å². The van der Waals surface area contributed by atoms with E-state index in [0.29, 0.717) is 0 Å². The van der Waals surface area contributed by atoms with Crippen LogP contribution in [0.2, 0.25) is 0 Å². The van der Waals surface area contributed by atoms with Crippen molar-refractivity contribution in [2.24, 2.45) is 11.8 Å². The molecule has 0 heterocycles. The molecule has 0 N–H and O–H groups in total. The van der Waals surface area contributed by atoms with E-state index in [1.54, 1.807) is 0 Å². The molecule has 102 valence electrons. The van der Waals surface area contributed by atoms with E-state index in [-0.39, 0.29) is 0 Å². The molecule has 1 aliphatic carbocycles. The van der Waals surface area contributed by atoms with Gasteiger partial charge in [-0.25, -0.2) is 0 Å². The molecule has 2 atom stereocenters. The van der Waals surface area contributed by atoms with Gasteiger partial charge in [0.25, 0.3) is 0 Å². The fourth-order valence-corrected chi connectivity index (χ4v) is 3.03. The standard InChI is InChI=1S/C16H32O/c1-3-4-5-6-12-17-13-8-11-16-10-7-9-15(2)14-16/h15-16H,3-14H2,1-2H3/t15-,16?/m0/s1. The Morgan fingerprint density at radius 3 is 2.59 bits per heavy atom. The normalized spacial score (nSPS) is 25.1. The van der Waals surface area contributed by atoms with Crippen molar-refractivity contribution in [2.45, 2.75) is 78.1 Å². The third kappa shape index (κ3) is 7.81. The zero-order valence-electron chi connectivity index (χ0n) is 12.0. The molecule has 0 radical (unpaired) electrons. The number of rotatable bonds is 9. The van der Waals surface area contributed by atoms with Gasteiger partial charge in [-0.15, -0.1) is 0 Å². The summed E-state index contributed by atoms with van der Waals surface area (Å²) in [5, 5.41) is 0. The first-order chi connectivity index (χ1) is 8.33. The van der Waals surface area contributed by atoms with Crippen LogP contribution in [0.1, 0.15) is 78.1 Å². The van der Waals surface area contributed by atoms with Gasteiger partial charge in [0, 0.05) is 13.2 Å². The molecule has 1 fully saturated rings.